The van der Waals surface area contributed by atoms with Crippen molar-refractivity contribution in [3.05, 3.63) is 23.8 Å². The number of carbonyl (C=O) groups excluding carboxylic acids is 1. The first-order valence-electron chi connectivity index (χ1n) is 6.08. The molecule has 0 bridgehead atoms. The maximum Gasteiger partial charge on any atom is 0.251 e. The zero-order chi connectivity index (χ0) is 13.0. The first-order valence-corrected chi connectivity index (χ1v) is 6.08. The number of amides is 1. The van der Waals surface area contributed by atoms with Crippen LogP contribution < -0.4 is 15.4 Å². The van der Waals surface area contributed by atoms with E-state index in [1.165, 1.54) is 12.8 Å². The van der Waals surface area contributed by atoms with Crippen molar-refractivity contribution in [1.29, 1.82) is 0 Å². The van der Waals surface area contributed by atoms with Gasteiger partial charge in [-0.2, -0.15) is 0 Å². The van der Waals surface area contributed by atoms with E-state index in [4.69, 9.17) is 9.84 Å². The van der Waals surface area contributed by atoms with Crippen LogP contribution in [0.25, 0.3) is 0 Å². The quantitative estimate of drug-likeness (QED) is 0.704. The molecule has 0 radical (unpaired) electrons. The van der Waals surface area contributed by atoms with Gasteiger partial charge < -0.3 is 20.5 Å². The summed E-state index contributed by atoms with van der Waals surface area (Å²) in [6.45, 7) is 0.188. The van der Waals surface area contributed by atoms with Crippen LogP contribution in [0, 0.1) is 0 Å². The molecular weight excluding hydrogens is 232 g/mol. The van der Waals surface area contributed by atoms with E-state index < -0.39 is 0 Å². The summed E-state index contributed by atoms with van der Waals surface area (Å²) in [7, 11) is 1.59. The Hall–Kier alpha value is -1.75. The third kappa shape index (κ3) is 3.13. The summed E-state index contributed by atoms with van der Waals surface area (Å²) < 4.78 is 5.28. The minimum atomic E-state index is -0.208. The molecule has 1 amide bonds. The van der Waals surface area contributed by atoms with Gasteiger partial charge in [-0.1, -0.05) is 0 Å². The normalized spacial score (nSPS) is 14.1. The second kappa shape index (κ2) is 5.73. The standard InChI is InChI=1S/C13H18N2O3/c1-18-12-8-9(13(17)14-6-7-16)2-5-11(12)15-10-3-4-10/h2,5,8,10,15-16H,3-4,6-7H2,1H3,(H,14,17). The summed E-state index contributed by atoms with van der Waals surface area (Å²) in [5.74, 6) is 0.457. The molecule has 0 aromatic heterocycles. The minimum absolute atomic E-state index is 0.0653. The van der Waals surface area contributed by atoms with Crippen LogP contribution in [0.1, 0.15) is 23.2 Å². The third-order valence-corrected chi connectivity index (χ3v) is 2.80. The second-order valence-electron chi connectivity index (χ2n) is 4.31. The largest absolute Gasteiger partial charge is 0.495 e. The number of aliphatic hydroxyl groups excluding tert-OH is 1. The highest BCUT2D eigenvalue weighted by Gasteiger charge is 2.22. The molecule has 98 valence electrons. The van der Waals surface area contributed by atoms with Gasteiger partial charge in [-0.25, -0.2) is 0 Å². The molecule has 0 unspecified atom stereocenters. The average Bonchev–Trinajstić information content (AvgIpc) is 3.20. The van der Waals surface area contributed by atoms with Crippen LogP contribution in [-0.2, 0) is 0 Å². The Kier molecular flexibility index (Phi) is 4.04. The van der Waals surface area contributed by atoms with Crippen molar-refractivity contribution >= 4 is 11.6 Å². The zero-order valence-corrected chi connectivity index (χ0v) is 10.4. The van der Waals surface area contributed by atoms with E-state index in [-0.39, 0.29) is 19.1 Å². The highest BCUT2D eigenvalue weighted by Crippen LogP contribution is 2.31. The van der Waals surface area contributed by atoms with E-state index in [1.54, 1.807) is 19.2 Å². The van der Waals surface area contributed by atoms with Crippen LogP contribution in [-0.4, -0.2) is 37.3 Å². The van der Waals surface area contributed by atoms with Gasteiger partial charge in [-0.3, -0.25) is 4.79 Å². The maximum atomic E-state index is 11.7. The smallest absolute Gasteiger partial charge is 0.251 e. The lowest BCUT2D eigenvalue weighted by atomic mass is 10.1. The summed E-state index contributed by atoms with van der Waals surface area (Å²) >= 11 is 0. The van der Waals surface area contributed by atoms with Gasteiger partial charge in [0.05, 0.1) is 19.4 Å². The van der Waals surface area contributed by atoms with E-state index in [2.05, 4.69) is 10.6 Å². The van der Waals surface area contributed by atoms with Crippen molar-refractivity contribution in [3.63, 3.8) is 0 Å². The van der Waals surface area contributed by atoms with Crippen molar-refractivity contribution in [2.75, 3.05) is 25.6 Å². The first kappa shape index (κ1) is 12.7. The molecule has 0 atom stereocenters. The Morgan fingerprint density at radius 3 is 2.89 bits per heavy atom. The number of aliphatic hydroxyl groups is 1. The van der Waals surface area contributed by atoms with Crippen LogP contribution in [0.5, 0.6) is 5.75 Å². The molecule has 1 aromatic rings. The van der Waals surface area contributed by atoms with Crippen molar-refractivity contribution in [2.24, 2.45) is 0 Å². The van der Waals surface area contributed by atoms with E-state index >= 15 is 0 Å². The molecule has 1 aliphatic carbocycles. The fraction of sp³-hybridized carbons (Fsp3) is 0.462. The topological polar surface area (TPSA) is 70.6 Å². The van der Waals surface area contributed by atoms with Gasteiger partial charge in [-0.05, 0) is 31.0 Å². The summed E-state index contributed by atoms with van der Waals surface area (Å²) in [4.78, 5) is 11.7. The number of carbonyl (C=O) groups is 1. The van der Waals surface area contributed by atoms with E-state index in [9.17, 15) is 4.79 Å². The summed E-state index contributed by atoms with van der Waals surface area (Å²) in [6.07, 6.45) is 2.36. The molecule has 1 saturated carbocycles. The van der Waals surface area contributed by atoms with Gasteiger partial charge in [0.15, 0.2) is 0 Å². The van der Waals surface area contributed by atoms with Crippen molar-refractivity contribution < 1.29 is 14.6 Å². The lowest BCUT2D eigenvalue weighted by Crippen LogP contribution is -2.26. The lowest BCUT2D eigenvalue weighted by molar-refractivity contribution is 0.0944. The number of ether oxygens (including phenoxy) is 1. The molecule has 5 heteroatoms. The highest BCUT2D eigenvalue weighted by atomic mass is 16.5. The number of methoxy groups -OCH3 is 1. The summed E-state index contributed by atoms with van der Waals surface area (Å²) in [6, 6.07) is 5.84. The molecule has 0 aliphatic heterocycles. The highest BCUT2D eigenvalue weighted by molar-refractivity contribution is 5.95. The Labute approximate surface area is 106 Å². The Morgan fingerprint density at radius 1 is 1.50 bits per heavy atom. The van der Waals surface area contributed by atoms with Crippen molar-refractivity contribution in [2.45, 2.75) is 18.9 Å². The van der Waals surface area contributed by atoms with Gasteiger partial charge in [0.25, 0.3) is 5.91 Å². The van der Waals surface area contributed by atoms with E-state index in [0.29, 0.717) is 17.4 Å². The fourth-order valence-electron chi connectivity index (χ4n) is 1.67. The summed E-state index contributed by atoms with van der Waals surface area (Å²) in [5.41, 5.74) is 1.44. The molecule has 1 fully saturated rings. The lowest BCUT2D eigenvalue weighted by Gasteiger charge is -2.12. The van der Waals surface area contributed by atoms with E-state index in [0.717, 1.165) is 5.69 Å². The van der Waals surface area contributed by atoms with Gasteiger partial charge in [-0.15, -0.1) is 0 Å². The van der Waals surface area contributed by atoms with Gasteiger partial charge in [0.1, 0.15) is 5.75 Å². The van der Waals surface area contributed by atoms with Crippen molar-refractivity contribution in [1.82, 2.24) is 5.32 Å². The van der Waals surface area contributed by atoms with Crippen LogP contribution in [0.15, 0.2) is 18.2 Å². The maximum absolute atomic E-state index is 11.7. The minimum Gasteiger partial charge on any atom is -0.495 e. The summed E-state index contributed by atoms with van der Waals surface area (Å²) in [5, 5.41) is 14.6. The molecule has 1 aliphatic rings. The zero-order valence-electron chi connectivity index (χ0n) is 10.4. The Balaban J connectivity index is 2.10. The first-order chi connectivity index (χ1) is 8.74. The average molecular weight is 250 g/mol. The Bertz CT molecular complexity index is 430. The number of nitrogens with one attached hydrogen (secondary N) is 2. The van der Waals surface area contributed by atoms with Crippen LogP contribution >= 0.6 is 0 Å². The molecular formula is C13H18N2O3. The number of benzene rings is 1. The van der Waals surface area contributed by atoms with Crippen molar-refractivity contribution in [3.8, 4) is 5.75 Å². The van der Waals surface area contributed by atoms with Crippen LogP contribution in [0.4, 0.5) is 5.69 Å². The SMILES string of the molecule is COc1cc(C(=O)NCCO)ccc1NC1CC1. The fourth-order valence-corrected chi connectivity index (χ4v) is 1.67. The molecule has 5 nitrogen and oxygen atoms in total. The number of hydrogen-bond donors (Lipinski definition) is 3. The Morgan fingerprint density at radius 2 is 2.28 bits per heavy atom. The molecule has 0 heterocycles. The third-order valence-electron chi connectivity index (χ3n) is 2.80. The monoisotopic (exact) mass is 250 g/mol. The molecule has 3 N–H and O–H groups in total. The molecule has 2 rings (SSSR count). The molecule has 1 aromatic carbocycles. The molecule has 18 heavy (non-hydrogen) atoms. The van der Waals surface area contributed by atoms with Crippen LogP contribution in [0.3, 0.4) is 0 Å². The predicted molar refractivity (Wildman–Crippen MR) is 69.1 cm³/mol. The van der Waals surface area contributed by atoms with Crippen LogP contribution in [0.2, 0.25) is 0 Å². The van der Waals surface area contributed by atoms with Gasteiger partial charge in [0.2, 0.25) is 0 Å². The van der Waals surface area contributed by atoms with Gasteiger partial charge in [0, 0.05) is 18.2 Å². The number of anilines is 1. The molecule has 0 saturated heterocycles. The number of hydrogen-bond acceptors (Lipinski definition) is 4. The molecule has 0 spiro atoms. The van der Waals surface area contributed by atoms with Gasteiger partial charge >= 0.3 is 0 Å². The second-order valence-corrected chi connectivity index (χ2v) is 4.31. The van der Waals surface area contributed by atoms with E-state index in [1.807, 2.05) is 6.07 Å². The predicted octanol–water partition coefficient (Wildman–Crippen LogP) is 0.992. The number of rotatable bonds is 6.